The van der Waals surface area contributed by atoms with Gasteiger partial charge in [0, 0.05) is 17.4 Å². The van der Waals surface area contributed by atoms with Gasteiger partial charge in [-0.2, -0.15) is 4.98 Å². The number of nitrogens with zero attached hydrogens (tertiary/aromatic N) is 2. The zero-order valence-electron chi connectivity index (χ0n) is 9.90. The summed E-state index contributed by atoms with van der Waals surface area (Å²) in [5.74, 6) is 1.91. The van der Waals surface area contributed by atoms with Crippen molar-refractivity contribution in [3.63, 3.8) is 0 Å². The maximum Gasteiger partial charge on any atom is 0.231 e. The molecule has 1 aromatic carbocycles. The standard InChI is InChI=1S/C13H14BrN3O/c14-11-3-1-2-9(6-11)7-12-16-13(18-17-12)10-4-5-15-8-10/h1-3,6,10,15H,4-5,7-8H2. The van der Waals surface area contributed by atoms with Crippen molar-refractivity contribution in [3.05, 3.63) is 46.0 Å². The molecule has 5 heteroatoms. The average molecular weight is 308 g/mol. The van der Waals surface area contributed by atoms with Crippen molar-refractivity contribution in [1.29, 1.82) is 0 Å². The molecule has 0 spiro atoms. The van der Waals surface area contributed by atoms with Crippen molar-refractivity contribution in [2.24, 2.45) is 0 Å². The van der Waals surface area contributed by atoms with Crippen LogP contribution in [0.2, 0.25) is 0 Å². The Morgan fingerprint density at radius 3 is 3.17 bits per heavy atom. The van der Waals surface area contributed by atoms with Crippen molar-refractivity contribution in [1.82, 2.24) is 15.5 Å². The van der Waals surface area contributed by atoms with Gasteiger partial charge in [-0.15, -0.1) is 0 Å². The lowest BCUT2D eigenvalue weighted by Gasteiger charge is -1.99. The van der Waals surface area contributed by atoms with Crippen LogP contribution in [-0.2, 0) is 6.42 Å². The van der Waals surface area contributed by atoms with Crippen LogP contribution in [0.25, 0.3) is 0 Å². The van der Waals surface area contributed by atoms with Crippen molar-refractivity contribution in [2.45, 2.75) is 18.8 Å². The first-order valence-electron chi connectivity index (χ1n) is 6.09. The fraction of sp³-hybridized carbons (Fsp3) is 0.385. The predicted molar refractivity (Wildman–Crippen MR) is 71.5 cm³/mol. The molecule has 3 rings (SSSR count). The molecule has 1 N–H and O–H groups in total. The minimum Gasteiger partial charge on any atom is -0.339 e. The molecule has 0 saturated carbocycles. The summed E-state index contributed by atoms with van der Waals surface area (Å²) in [6.07, 6.45) is 1.79. The molecular formula is C13H14BrN3O. The van der Waals surface area contributed by atoms with Gasteiger partial charge < -0.3 is 9.84 Å². The molecule has 1 aromatic heterocycles. The van der Waals surface area contributed by atoms with Crippen LogP contribution in [0.4, 0.5) is 0 Å². The summed E-state index contributed by atoms with van der Waals surface area (Å²) >= 11 is 3.46. The Labute approximate surface area is 114 Å². The van der Waals surface area contributed by atoms with Crippen LogP contribution in [0.1, 0.15) is 29.6 Å². The van der Waals surface area contributed by atoms with Gasteiger partial charge in [-0.1, -0.05) is 33.2 Å². The van der Waals surface area contributed by atoms with Gasteiger partial charge in [0.25, 0.3) is 0 Å². The van der Waals surface area contributed by atoms with E-state index in [-0.39, 0.29) is 0 Å². The van der Waals surface area contributed by atoms with E-state index in [0.29, 0.717) is 12.3 Å². The van der Waals surface area contributed by atoms with E-state index in [2.05, 4.69) is 43.5 Å². The predicted octanol–water partition coefficient (Wildman–Crippen LogP) is 2.50. The Bertz CT molecular complexity index is 535. The maximum absolute atomic E-state index is 5.34. The molecule has 0 bridgehead atoms. The zero-order valence-corrected chi connectivity index (χ0v) is 11.5. The highest BCUT2D eigenvalue weighted by Gasteiger charge is 2.22. The van der Waals surface area contributed by atoms with E-state index >= 15 is 0 Å². The molecule has 2 heterocycles. The van der Waals surface area contributed by atoms with Crippen LogP contribution in [0.15, 0.2) is 33.3 Å². The van der Waals surface area contributed by atoms with Crippen LogP contribution < -0.4 is 5.32 Å². The maximum atomic E-state index is 5.34. The fourth-order valence-electron chi connectivity index (χ4n) is 2.20. The second-order valence-corrected chi connectivity index (χ2v) is 5.46. The number of aromatic nitrogens is 2. The van der Waals surface area contributed by atoms with E-state index in [1.54, 1.807) is 0 Å². The highest BCUT2D eigenvalue weighted by Crippen LogP contribution is 2.21. The molecule has 1 aliphatic heterocycles. The van der Waals surface area contributed by atoms with E-state index in [9.17, 15) is 0 Å². The van der Waals surface area contributed by atoms with Gasteiger partial charge in [-0.3, -0.25) is 0 Å². The highest BCUT2D eigenvalue weighted by molar-refractivity contribution is 9.10. The Balaban J connectivity index is 1.73. The van der Waals surface area contributed by atoms with E-state index in [1.165, 1.54) is 5.56 Å². The molecule has 1 fully saturated rings. The molecule has 1 unspecified atom stereocenters. The van der Waals surface area contributed by atoms with Crippen molar-refractivity contribution < 1.29 is 4.52 Å². The summed E-state index contributed by atoms with van der Waals surface area (Å²) in [6, 6.07) is 8.17. The molecular weight excluding hydrogens is 294 g/mol. The fourth-order valence-corrected chi connectivity index (χ4v) is 2.65. The zero-order chi connectivity index (χ0) is 12.4. The number of halogens is 1. The molecule has 1 atom stereocenters. The van der Waals surface area contributed by atoms with Crippen LogP contribution >= 0.6 is 15.9 Å². The number of hydrogen-bond donors (Lipinski definition) is 1. The van der Waals surface area contributed by atoms with Crippen molar-refractivity contribution >= 4 is 15.9 Å². The first kappa shape index (κ1) is 11.9. The topological polar surface area (TPSA) is 51.0 Å². The first-order chi connectivity index (χ1) is 8.81. The van der Waals surface area contributed by atoms with Crippen molar-refractivity contribution in [2.75, 3.05) is 13.1 Å². The largest absolute Gasteiger partial charge is 0.339 e. The lowest BCUT2D eigenvalue weighted by molar-refractivity contribution is 0.355. The summed E-state index contributed by atoms with van der Waals surface area (Å²) in [5, 5.41) is 7.36. The molecule has 0 aliphatic carbocycles. The third-order valence-electron chi connectivity index (χ3n) is 3.14. The summed E-state index contributed by atoms with van der Waals surface area (Å²) in [6.45, 7) is 1.98. The molecule has 1 aliphatic rings. The van der Waals surface area contributed by atoms with Gasteiger partial charge in [-0.05, 0) is 30.7 Å². The smallest absolute Gasteiger partial charge is 0.231 e. The highest BCUT2D eigenvalue weighted by atomic mass is 79.9. The molecule has 0 amide bonds. The van der Waals surface area contributed by atoms with Gasteiger partial charge >= 0.3 is 0 Å². The summed E-state index contributed by atoms with van der Waals surface area (Å²) in [4.78, 5) is 4.48. The Kier molecular flexibility index (Phi) is 3.43. The first-order valence-corrected chi connectivity index (χ1v) is 6.88. The summed E-state index contributed by atoms with van der Waals surface area (Å²) in [7, 11) is 0. The van der Waals surface area contributed by atoms with E-state index in [1.807, 2.05) is 12.1 Å². The molecule has 0 radical (unpaired) electrons. The van der Waals surface area contributed by atoms with E-state index in [0.717, 1.165) is 35.7 Å². The molecule has 1 saturated heterocycles. The third kappa shape index (κ3) is 2.62. The van der Waals surface area contributed by atoms with Gasteiger partial charge in [0.1, 0.15) is 0 Å². The average Bonchev–Trinajstić information content (AvgIpc) is 2.98. The minimum absolute atomic E-state index is 0.383. The van der Waals surface area contributed by atoms with Crippen molar-refractivity contribution in [3.8, 4) is 0 Å². The van der Waals surface area contributed by atoms with Crippen LogP contribution in [-0.4, -0.2) is 23.2 Å². The monoisotopic (exact) mass is 307 g/mol. The SMILES string of the molecule is Brc1cccc(Cc2noc(C3CCNC3)n2)c1. The number of benzene rings is 1. The summed E-state index contributed by atoms with van der Waals surface area (Å²) in [5.41, 5.74) is 1.18. The van der Waals surface area contributed by atoms with Crippen LogP contribution in [0.5, 0.6) is 0 Å². The number of hydrogen-bond acceptors (Lipinski definition) is 4. The minimum atomic E-state index is 0.383. The third-order valence-corrected chi connectivity index (χ3v) is 3.64. The molecule has 94 valence electrons. The van der Waals surface area contributed by atoms with Gasteiger partial charge in [0.05, 0.1) is 5.92 Å². The van der Waals surface area contributed by atoms with Gasteiger partial charge in [0.15, 0.2) is 5.82 Å². The summed E-state index contributed by atoms with van der Waals surface area (Å²) < 4.78 is 6.41. The van der Waals surface area contributed by atoms with E-state index < -0.39 is 0 Å². The second kappa shape index (κ2) is 5.20. The van der Waals surface area contributed by atoms with Crippen LogP contribution in [0.3, 0.4) is 0 Å². The van der Waals surface area contributed by atoms with Gasteiger partial charge in [0.2, 0.25) is 5.89 Å². The van der Waals surface area contributed by atoms with Gasteiger partial charge in [-0.25, -0.2) is 0 Å². The Morgan fingerprint density at radius 2 is 2.39 bits per heavy atom. The normalized spacial score (nSPS) is 19.3. The number of nitrogens with one attached hydrogen (secondary N) is 1. The quantitative estimate of drug-likeness (QED) is 0.946. The molecule has 2 aromatic rings. The molecule has 4 nitrogen and oxygen atoms in total. The Hall–Kier alpha value is -1.20. The van der Waals surface area contributed by atoms with Crippen LogP contribution in [0, 0.1) is 0 Å². The second-order valence-electron chi connectivity index (χ2n) is 4.55. The van der Waals surface area contributed by atoms with E-state index in [4.69, 9.17) is 4.52 Å². The lowest BCUT2D eigenvalue weighted by atomic mass is 10.1. The Morgan fingerprint density at radius 1 is 1.44 bits per heavy atom. The molecule has 18 heavy (non-hydrogen) atoms. The lowest BCUT2D eigenvalue weighted by Crippen LogP contribution is -2.08. The number of rotatable bonds is 3.